The molecule has 4 aromatic rings. The summed E-state index contributed by atoms with van der Waals surface area (Å²) < 4.78 is 15.1. The first kappa shape index (κ1) is 21.4. The third kappa shape index (κ3) is 4.25. The number of benzene rings is 2. The summed E-state index contributed by atoms with van der Waals surface area (Å²) in [4.78, 5) is 34.0. The first-order valence-corrected chi connectivity index (χ1v) is 10.8. The van der Waals surface area contributed by atoms with Crippen LogP contribution in [-0.2, 0) is 0 Å². The molecule has 9 nitrogen and oxygen atoms in total. The minimum atomic E-state index is -0.509. The van der Waals surface area contributed by atoms with E-state index in [1.165, 1.54) is 18.2 Å². The second-order valence-corrected chi connectivity index (χ2v) is 8.20. The number of aromatic nitrogens is 3. The lowest BCUT2D eigenvalue weighted by molar-refractivity contribution is 0.102. The van der Waals surface area contributed by atoms with Crippen LogP contribution in [0.15, 0.2) is 54.9 Å². The molecule has 34 heavy (non-hydrogen) atoms. The number of nitrogens with two attached hydrogens (primary N) is 1. The molecule has 0 aliphatic heterocycles. The van der Waals surface area contributed by atoms with E-state index in [1.807, 2.05) is 4.40 Å². The van der Waals surface area contributed by atoms with Crippen LogP contribution in [0.1, 0.15) is 40.6 Å². The van der Waals surface area contributed by atoms with E-state index in [9.17, 15) is 14.0 Å². The van der Waals surface area contributed by atoms with Crippen molar-refractivity contribution in [2.75, 3.05) is 21.7 Å². The van der Waals surface area contributed by atoms with Crippen LogP contribution in [0, 0.1) is 12.7 Å². The molecule has 0 atom stereocenters. The van der Waals surface area contributed by atoms with Gasteiger partial charge in [-0.1, -0.05) is 6.07 Å². The highest BCUT2D eigenvalue weighted by Crippen LogP contribution is 2.40. The number of amides is 3. The maximum atomic E-state index is 13.3. The van der Waals surface area contributed by atoms with E-state index < -0.39 is 17.8 Å². The van der Waals surface area contributed by atoms with Crippen molar-refractivity contribution in [1.82, 2.24) is 14.4 Å². The normalized spacial score (nSPS) is 13.0. The third-order valence-electron chi connectivity index (χ3n) is 5.58. The van der Waals surface area contributed by atoms with Gasteiger partial charge < -0.3 is 21.7 Å². The number of urea groups is 1. The summed E-state index contributed by atoms with van der Waals surface area (Å²) in [6.45, 7) is 1.80. The molecule has 0 bridgehead atoms. The van der Waals surface area contributed by atoms with Crippen molar-refractivity contribution < 1.29 is 14.0 Å². The van der Waals surface area contributed by atoms with E-state index in [1.54, 1.807) is 43.6 Å². The van der Waals surface area contributed by atoms with E-state index in [-0.39, 0.29) is 11.5 Å². The maximum Gasteiger partial charge on any atom is 0.323 e. The number of fused-ring (bicyclic) bond motifs is 1. The van der Waals surface area contributed by atoms with Crippen molar-refractivity contribution >= 4 is 40.3 Å². The fourth-order valence-electron chi connectivity index (χ4n) is 3.80. The first-order chi connectivity index (χ1) is 16.4. The number of nitrogen functional groups attached to an aromatic ring is 1. The van der Waals surface area contributed by atoms with Gasteiger partial charge >= 0.3 is 6.03 Å². The molecule has 1 saturated carbocycles. The number of imidazole rings is 1. The number of rotatable bonds is 5. The van der Waals surface area contributed by atoms with Crippen molar-refractivity contribution in [3.8, 4) is 0 Å². The van der Waals surface area contributed by atoms with Crippen LogP contribution in [0.3, 0.4) is 0 Å². The van der Waals surface area contributed by atoms with E-state index in [4.69, 9.17) is 5.73 Å². The summed E-state index contributed by atoms with van der Waals surface area (Å²) in [7, 11) is 0. The predicted octanol–water partition coefficient (Wildman–Crippen LogP) is 4.53. The molecule has 10 heteroatoms. The summed E-state index contributed by atoms with van der Waals surface area (Å²) in [5.74, 6) is 0.540. The second kappa shape index (κ2) is 8.47. The van der Waals surface area contributed by atoms with Crippen LogP contribution in [-0.4, -0.2) is 26.3 Å². The third-order valence-corrected chi connectivity index (χ3v) is 5.58. The van der Waals surface area contributed by atoms with Crippen molar-refractivity contribution in [3.05, 3.63) is 77.8 Å². The summed E-state index contributed by atoms with van der Waals surface area (Å²) in [6.07, 6.45) is 5.42. The fraction of sp³-hybridized carbons (Fsp3) is 0.167. The van der Waals surface area contributed by atoms with Gasteiger partial charge in [0.15, 0.2) is 5.69 Å². The van der Waals surface area contributed by atoms with Crippen LogP contribution < -0.4 is 21.7 Å². The van der Waals surface area contributed by atoms with Crippen molar-refractivity contribution in [2.45, 2.75) is 25.7 Å². The Balaban J connectivity index is 1.32. The number of nitrogens with zero attached hydrogens (tertiary/aromatic N) is 3. The highest BCUT2D eigenvalue weighted by atomic mass is 19.1. The molecule has 1 fully saturated rings. The summed E-state index contributed by atoms with van der Waals surface area (Å²) in [5.41, 5.74) is 8.92. The molecule has 5 rings (SSSR count). The number of nitrogens with one attached hydrogen (secondary N) is 3. The lowest BCUT2D eigenvalue weighted by Gasteiger charge is -2.12. The first-order valence-electron chi connectivity index (χ1n) is 10.8. The lowest BCUT2D eigenvalue weighted by Crippen LogP contribution is -2.20. The van der Waals surface area contributed by atoms with Crippen molar-refractivity contribution in [2.24, 2.45) is 0 Å². The van der Waals surface area contributed by atoms with Gasteiger partial charge in [0.2, 0.25) is 0 Å². The molecular formula is C24H22FN7O2. The Morgan fingerprint density at radius 1 is 1.09 bits per heavy atom. The quantitative estimate of drug-likeness (QED) is 0.349. The minimum Gasteiger partial charge on any atom is -0.382 e. The number of carbonyl (C=O) groups excluding carboxylic acids is 2. The topological polar surface area (TPSA) is 126 Å². The van der Waals surface area contributed by atoms with E-state index in [0.29, 0.717) is 28.5 Å². The molecule has 172 valence electrons. The molecule has 2 aromatic carbocycles. The Morgan fingerprint density at radius 3 is 2.62 bits per heavy atom. The Bertz CT molecular complexity index is 1430. The maximum absolute atomic E-state index is 13.3. The average Bonchev–Trinajstić information content (AvgIpc) is 3.55. The number of hydrogen-bond acceptors (Lipinski definition) is 5. The van der Waals surface area contributed by atoms with Gasteiger partial charge in [-0.15, -0.1) is 0 Å². The minimum absolute atomic E-state index is 0.224. The largest absolute Gasteiger partial charge is 0.382 e. The summed E-state index contributed by atoms with van der Waals surface area (Å²) in [6, 6.07) is 10.2. The Hall–Kier alpha value is -4.47. The smallest absolute Gasteiger partial charge is 0.323 e. The molecule has 2 aromatic heterocycles. The van der Waals surface area contributed by atoms with E-state index in [0.717, 1.165) is 24.2 Å². The van der Waals surface area contributed by atoms with Gasteiger partial charge in [-0.2, -0.15) is 0 Å². The zero-order valence-electron chi connectivity index (χ0n) is 18.3. The van der Waals surface area contributed by atoms with Crippen LogP contribution in [0.25, 0.3) is 5.52 Å². The van der Waals surface area contributed by atoms with Gasteiger partial charge in [0.25, 0.3) is 5.91 Å². The number of carbonyl (C=O) groups is 2. The highest BCUT2D eigenvalue weighted by molar-refractivity contribution is 6.09. The SMILES string of the molecule is Cc1cc(NC(=O)c2nc(C3CC3)n3ccnc(N)c23)ccc1NC(=O)Nc1cccc(F)c1. The molecule has 1 aliphatic rings. The number of hydrogen-bond donors (Lipinski definition) is 4. The zero-order chi connectivity index (χ0) is 23.8. The molecular weight excluding hydrogens is 437 g/mol. The highest BCUT2D eigenvalue weighted by Gasteiger charge is 2.31. The number of halogens is 1. The molecule has 1 aliphatic carbocycles. The average molecular weight is 459 g/mol. The molecule has 3 amide bonds. The monoisotopic (exact) mass is 459 g/mol. The van der Waals surface area contributed by atoms with Crippen LogP contribution in [0.5, 0.6) is 0 Å². The van der Waals surface area contributed by atoms with Gasteiger partial charge in [-0.3, -0.25) is 9.20 Å². The molecule has 2 heterocycles. The van der Waals surface area contributed by atoms with E-state index in [2.05, 4.69) is 25.9 Å². The van der Waals surface area contributed by atoms with Crippen LogP contribution in [0.4, 0.5) is 32.1 Å². The zero-order valence-corrected chi connectivity index (χ0v) is 18.3. The second-order valence-electron chi connectivity index (χ2n) is 8.20. The standard InChI is InChI=1S/C24H22FN7O2/c1-13-11-17(7-8-18(13)30-24(34)29-16-4-2-3-15(25)12-16)28-23(33)19-20-21(26)27-9-10-32(20)22(31-19)14-5-6-14/h2-4,7-12,14H,5-6H2,1H3,(H2,26,27)(H,28,33)(H2,29,30,34). The van der Waals surface area contributed by atoms with Crippen molar-refractivity contribution in [1.29, 1.82) is 0 Å². The fourth-order valence-corrected chi connectivity index (χ4v) is 3.80. The number of anilines is 4. The molecule has 5 N–H and O–H groups in total. The Kier molecular flexibility index (Phi) is 5.33. The van der Waals surface area contributed by atoms with Gasteiger partial charge in [0.1, 0.15) is 23.0 Å². The van der Waals surface area contributed by atoms with Gasteiger partial charge in [-0.25, -0.2) is 19.2 Å². The summed E-state index contributed by atoms with van der Waals surface area (Å²) in [5, 5.41) is 8.15. The lowest BCUT2D eigenvalue weighted by atomic mass is 10.1. The molecule has 0 spiro atoms. The number of aryl methyl sites for hydroxylation is 1. The van der Waals surface area contributed by atoms with Gasteiger partial charge in [-0.05, 0) is 61.7 Å². The predicted molar refractivity (Wildman–Crippen MR) is 128 cm³/mol. The van der Waals surface area contributed by atoms with Crippen molar-refractivity contribution in [3.63, 3.8) is 0 Å². The molecule has 0 saturated heterocycles. The van der Waals surface area contributed by atoms with Crippen LogP contribution in [0.2, 0.25) is 0 Å². The Labute approximate surface area is 194 Å². The molecule has 0 radical (unpaired) electrons. The van der Waals surface area contributed by atoms with Crippen LogP contribution >= 0.6 is 0 Å². The van der Waals surface area contributed by atoms with Gasteiger partial charge in [0, 0.05) is 35.4 Å². The van der Waals surface area contributed by atoms with Gasteiger partial charge in [0.05, 0.1) is 0 Å². The Morgan fingerprint density at radius 2 is 1.88 bits per heavy atom. The summed E-state index contributed by atoms with van der Waals surface area (Å²) >= 11 is 0. The molecule has 0 unspecified atom stereocenters. The van der Waals surface area contributed by atoms with E-state index >= 15 is 0 Å².